The number of aromatic amines is 1. The molecule has 8 nitrogen and oxygen atoms in total. The van der Waals surface area contributed by atoms with Gasteiger partial charge >= 0.3 is 0 Å². The number of nitrogens with zero attached hydrogens (tertiary/aromatic N) is 2. The number of aromatic nitrogens is 3. The number of hydrogen-bond acceptors (Lipinski definition) is 6. The Morgan fingerprint density at radius 3 is 2.47 bits per heavy atom. The summed E-state index contributed by atoms with van der Waals surface area (Å²) < 4.78 is 11.1. The van der Waals surface area contributed by atoms with Crippen LogP contribution in [0, 0.1) is 0 Å². The molecule has 0 saturated carbocycles. The number of rotatable bonds is 10. The molecule has 0 aliphatic rings. The minimum Gasteiger partial charge on any atom is -0.497 e. The molecule has 2 N–H and O–H groups in total. The van der Waals surface area contributed by atoms with E-state index in [4.69, 9.17) is 9.47 Å². The lowest BCUT2D eigenvalue weighted by Crippen LogP contribution is -2.28. The van der Waals surface area contributed by atoms with E-state index in [1.54, 1.807) is 19.2 Å². The largest absolute Gasteiger partial charge is 0.497 e. The summed E-state index contributed by atoms with van der Waals surface area (Å²) in [6.07, 6.45) is 0.348. The SMILES string of the molecule is COc1cccc(COc2ccc(-c3nnc(CCC(=O)N[C@@H](C)c4ccccc4)c(=O)[nH]3)cc2)c1. The number of carbonyl (C=O) groups is 1. The Bertz CT molecular complexity index is 1350. The number of methoxy groups -OCH3 is 1. The van der Waals surface area contributed by atoms with E-state index in [0.29, 0.717) is 23.7 Å². The fourth-order valence-electron chi connectivity index (χ4n) is 3.66. The lowest BCUT2D eigenvalue weighted by Gasteiger charge is -2.14. The van der Waals surface area contributed by atoms with Crippen LogP contribution in [0.1, 0.15) is 36.2 Å². The van der Waals surface area contributed by atoms with E-state index in [0.717, 1.165) is 16.9 Å². The van der Waals surface area contributed by atoms with Gasteiger partial charge in [-0.15, -0.1) is 10.2 Å². The molecule has 0 aliphatic carbocycles. The average Bonchev–Trinajstić information content (AvgIpc) is 2.92. The number of benzene rings is 3. The molecular formula is C28H28N4O4. The highest BCUT2D eigenvalue weighted by atomic mass is 16.5. The van der Waals surface area contributed by atoms with Gasteiger partial charge in [-0.25, -0.2) is 0 Å². The first-order chi connectivity index (χ1) is 17.5. The predicted octanol–water partition coefficient (Wildman–Crippen LogP) is 4.23. The van der Waals surface area contributed by atoms with Gasteiger partial charge in [0.25, 0.3) is 5.56 Å². The topological polar surface area (TPSA) is 106 Å². The lowest BCUT2D eigenvalue weighted by molar-refractivity contribution is -0.121. The minimum atomic E-state index is -0.359. The van der Waals surface area contributed by atoms with Crippen LogP contribution in [0.5, 0.6) is 11.5 Å². The first-order valence-electron chi connectivity index (χ1n) is 11.7. The molecule has 4 rings (SSSR count). The van der Waals surface area contributed by atoms with Gasteiger partial charge in [-0.3, -0.25) is 9.59 Å². The number of ether oxygens (including phenoxy) is 2. The molecule has 1 atom stereocenters. The molecule has 0 bridgehead atoms. The zero-order valence-corrected chi connectivity index (χ0v) is 20.2. The molecule has 36 heavy (non-hydrogen) atoms. The normalized spacial score (nSPS) is 11.5. The Hall–Kier alpha value is -4.46. The van der Waals surface area contributed by atoms with Crippen LogP contribution in [0.25, 0.3) is 11.4 Å². The van der Waals surface area contributed by atoms with Crippen molar-refractivity contribution in [2.24, 2.45) is 0 Å². The molecule has 0 saturated heterocycles. The zero-order valence-electron chi connectivity index (χ0n) is 20.2. The van der Waals surface area contributed by atoms with E-state index >= 15 is 0 Å². The number of amides is 1. The van der Waals surface area contributed by atoms with Crippen molar-refractivity contribution in [3.05, 3.63) is 106 Å². The standard InChI is InChI=1S/C28H28N4O4/c1-19(21-8-4-3-5-9-21)29-26(33)16-15-25-28(34)30-27(32-31-25)22-11-13-23(14-12-22)36-18-20-7-6-10-24(17-20)35-2/h3-14,17,19H,15-16,18H2,1-2H3,(H,29,33)(H,30,32,34)/t19-/m0/s1. The Kier molecular flexibility index (Phi) is 8.08. The Morgan fingerprint density at radius 1 is 0.972 bits per heavy atom. The molecule has 1 amide bonds. The molecule has 0 aliphatic heterocycles. The van der Waals surface area contributed by atoms with Crippen molar-refractivity contribution in [2.75, 3.05) is 7.11 Å². The first-order valence-corrected chi connectivity index (χ1v) is 11.7. The Balaban J connectivity index is 1.31. The maximum absolute atomic E-state index is 12.5. The third kappa shape index (κ3) is 6.56. The maximum Gasteiger partial charge on any atom is 0.273 e. The van der Waals surface area contributed by atoms with Gasteiger partial charge in [0.2, 0.25) is 5.91 Å². The van der Waals surface area contributed by atoms with E-state index < -0.39 is 0 Å². The summed E-state index contributed by atoms with van der Waals surface area (Å²) in [5.41, 5.74) is 2.58. The quantitative estimate of drug-likeness (QED) is 0.349. The molecule has 4 aromatic rings. The molecule has 0 radical (unpaired) electrons. The van der Waals surface area contributed by atoms with Gasteiger partial charge in [0.1, 0.15) is 23.8 Å². The van der Waals surface area contributed by atoms with Gasteiger partial charge in [0.15, 0.2) is 5.82 Å². The van der Waals surface area contributed by atoms with Crippen LogP contribution >= 0.6 is 0 Å². The highest BCUT2D eigenvalue weighted by Gasteiger charge is 2.12. The minimum absolute atomic E-state index is 0.118. The monoisotopic (exact) mass is 484 g/mol. The number of nitrogens with one attached hydrogen (secondary N) is 2. The molecule has 1 aromatic heterocycles. The third-order valence-corrected chi connectivity index (χ3v) is 5.70. The van der Waals surface area contributed by atoms with E-state index in [-0.39, 0.29) is 36.0 Å². The highest BCUT2D eigenvalue weighted by Crippen LogP contribution is 2.20. The summed E-state index contributed by atoms with van der Waals surface area (Å²) >= 11 is 0. The highest BCUT2D eigenvalue weighted by molar-refractivity contribution is 5.76. The number of carbonyl (C=O) groups excluding carboxylic acids is 1. The second-order valence-corrected chi connectivity index (χ2v) is 8.31. The van der Waals surface area contributed by atoms with Gasteiger partial charge in [-0.2, -0.15) is 0 Å². The van der Waals surface area contributed by atoms with Crippen LogP contribution in [0.3, 0.4) is 0 Å². The van der Waals surface area contributed by atoms with Crippen molar-refractivity contribution in [1.29, 1.82) is 0 Å². The van der Waals surface area contributed by atoms with Crippen LogP contribution in [-0.2, 0) is 17.8 Å². The van der Waals surface area contributed by atoms with Crippen LogP contribution in [0.4, 0.5) is 0 Å². The number of H-pyrrole nitrogens is 1. The van der Waals surface area contributed by atoms with Crippen LogP contribution in [-0.4, -0.2) is 28.2 Å². The maximum atomic E-state index is 12.5. The summed E-state index contributed by atoms with van der Waals surface area (Å²) in [4.78, 5) is 27.6. The second-order valence-electron chi connectivity index (χ2n) is 8.31. The van der Waals surface area contributed by atoms with Crippen molar-refractivity contribution in [1.82, 2.24) is 20.5 Å². The summed E-state index contributed by atoms with van der Waals surface area (Å²) in [5.74, 6) is 1.66. The average molecular weight is 485 g/mol. The van der Waals surface area contributed by atoms with E-state index in [9.17, 15) is 9.59 Å². The lowest BCUT2D eigenvalue weighted by atomic mass is 10.1. The van der Waals surface area contributed by atoms with Crippen molar-refractivity contribution in [2.45, 2.75) is 32.4 Å². The molecular weight excluding hydrogens is 456 g/mol. The summed E-state index contributed by atoms with van der Waals surface area (Å²) in [7, 11) is 1.63. The number of hydrogen-bond donors (Lipinski definition) is 2. The molecule has 8 heteroatoms. The van der Waals surface area contributed by atoms with Crippen molar-refractivity contribution in [3.63, 3.8) is 0 Å². The smallest absolute Gasteiger partial charge is 0.273 e. The van der Waals surface area contributed by atoms with Gasteiger partial charge in [-0.1, -0.05) is 42.5 Å². The molecule has 3 aromatic carbocycles. The Labute approximate surface area is 209 Å². The van der Waals surface area contributed by atoms with Crippen molar-refractivity contribution < 1.29 is 14.3 Å². The van der Waals surface area contributed by atoms with Gasteiger partial charge in [-0.05, 0) is 54.4 Å². The van der Waals surface area contributed by atoms with E-state index in [1.807, 2.05) is 73.7 Å². The number of aryl methyl sites for hydroxylation is 1. The van der Waals surface area contributed by atoms with Crippen LogP contribution in [0.15, 0.2) is 83.7 Å². The Morgan fingerprint density at radius 2 is 1.75 bits per heavy atom. The van der Waals surface area contributed by atoms with E-state index in [2.05, 4.69) is 20.5 Å². The first kappa shape index (κ1) is 24.7. The molecule has 0 spiro atoms. The fraction of sp³-hybridized carbons (Fsp3) is 0.214. The zero-order chi connectivity index (χ0) is 25.3. The summed E-state index contributed by atoms with van der Waals surface area (Å²) in [5, 5.41) is 11.1. The molecule has 0 fully saturated rings. The van der Waals surface area contributed by atoms with Crippen molar-refractivity contribution in [3.8, 4) is 22.9 Å². The fourth-order valence-corrected chi connectivity index (χ4v) is 3.66. The van der Waals surface area contributed by atoms with Gasteiger partial charge in [0, 0.05) is 18.4 Å². The van der Waals surface area contributed by atoms with Crippen LogP contribution < -0.4 is 20.3 Å². The van der Waals surface area contributed by atoms with Gasteiger partial charge < -0.3 is 19.8 Å². The summed E-state index contributed by atoms with van der Waals surface area (Å²) in [6, 6.07) is 24.5. The molecule has 1 heterocycles. The predicted molar refractivity (Wildman–Crippen MR) is 137 cm³/mol. The third-order valence-electron chi connectivity index (χ3n) is 5.70. The molecule has 0 unspecified atom stereocenters. The summed E-state index contributed by atoms with van der Waals surface area (Å²) in [6.45, 7) is 2.32. The van der Waals surface area contributed by atoms with Crippen LogP contribution in [0.2, 0.25) is 0 Å². The van der Waals surface area contributed by atoms with Crippen molar-refractivity contribution >= 4 is 5.91 Å². The van der Waals surface area contributed by atoms with Gasteiger partial charge in [0.05, 0.1) is 13.2 Å². The second kappa shape index (κ2) is 11.8. The van der Waals surface area contributed by atoms with E-state index in [1.165, 1.54) is 0 Å². The molecule has 184 valence electrons.